The molecule has 19 heavy (non-hydrogen) atoms. The monoisotopic (exact) mass is 267 g/mol. The molecule has 0 radical (unpaired) electrons. The highest BCUT2D eigenvalue weighted by molar-refractivity contribution is 4.75. The SMILES string of the molecule is CN(CCCNC1CCCNCC1)C1CCCCC1. The van der Waals surface area contributed by atoms with E-state index in [0.29, 0.717) is 0 Å². The van der Waals surface area contributed by atoms with Gasteiger partial charge in [-0.2, -0.15) is 0 Å². The summed E-state index contributed by atoms with van der Waals surface area (Å²) in [6.07, 6.45) is 12.5. The highest BCUT2D eigenvalue weighted by Gasteiger charge is 2.17. The second-order valence-corrected chi connectivity index (χ2v) is 6.46. The summed E-state index contributed by atoms with van der Waals surface area (Å²) in [5.41, 5.74) is 0. The van der Waals surface area contributed by atoms with Crippen molar-refractivity contribution in [2.24, 2.45) is 0 Å². The summed E-state index contributed by atoms with van der Waals surface area (Å²) in [7, 11) is 2.32. The number of nitrogens with one attached hydrogen (secondary N) is 2. The van der Waals surface area contributed by atoms with Crippen molar-refractivity contribution in [3.8, 4) is 0 Å². The molecule has 1 aliphatic carbocycles. The van der Waals surface area contributed by atoms with Gasteiger partial charge in [0.2, 0.25) is 0 Å². The number of nitrogens with zero attached hydrogens (tertiary/aromatic N) is 1. The van der Waals surface area contributed by atoms with Gasteiger partial charge in [0.15, 0.2) is 0 Å². The molecule has 0 aromatic heterocycles. The summed E-state index contributed by atoms with van der Waals surface area (Å²) >= 11 is 0. The Morgan fingerprint density at radius 1 is 1.00 bits per heavy atom. The topological polar surface area (TPSA) is 27.3 Å². The lowest BCUT2D eigenvalue weighted by atomic mass is 9.94. The summed E-state index contributed by atoms with van der Waals surface area (Å²) in [6.45, 7) is 4.87. The lowest BCUT2D eigenvalue weighted by molar-refractivity contribution is 0.189. The summed E-state index contributed by atoms with van der Waals surface area (Å²) in [6, 6.07) is 1.63. The lowest BCUT2D eigenvalue weighted by Gasteiger charge is -2.31. The Morgan fingerprint density at radius 3 is 2.68 bits per heavy atom. The van der Waals surface area contributed by atoms with Crippen LogP contribution in [0.25, 0.3) is 0 Å². The first-order valence-electron chi connectivity index (χ1n) is 8.50. The molecule has 1 saturated heterocycles. The largest absolute Gasteiger partial charge is 0.317 e. The van der Waals surface area contributed by atoms with Crippen LogP contribution in [0.2, 0.25) is 0 Å². The quantitative estimate of drug-likeness (QED) is 0.724. The normalized spacial score (nSPS) is 26.5. The van der Waals surface area contributed by atoms with Crippen LogP contribution in [0.3, 0.4) is 0 Å². The van der Waals surface area contributed by atoms with Gasteiger partial charge in [0.25, 0.3) is 0 Å². The van der Waals surface area contributed by atoms with Crippen LogP contribution >= 0.6 is 0 Å². The molecule has 2 N–H and O–H groups in total. The first-order chi connectivity index (χ1) is 9.36. The summed E-state index contributed by atoms with van der Waals surface area (Å²) in [4.78, 5) is 2.61. The third kappa shape index (κ3) is 5.80. The molecule has 1 atom stereocenters. The van der Waals surface area contributed by atoms with Gasteiger partial charge >= 0.3 is 0 Å². The van der Waals surface area contributed by atoms with E-state index < -0.39 is 0 Å². The van der Waals surface area contributed by atoms with E-state index in [0.717, 1.165) is 12.1 Å². The second kappa shape index (κ2) is 8.93. The van der Waals surface area contributed by atoms with Crippen LogP contribution in [-0.4, -0.2) is 50.2 Å². The molecule has 3 nitrogen and oxygen atoms in total. The third-order valence-corrected chi connectivity index (χ3v) is 4.89. The zero-order valence-electron chi connectivity index (χ0n) is 12.8. The maximum atomic E-state index is 3.75. The van der Waals surface area contributed by atoms with Crippen LogP contribution in [0.15, 0.2) is 0 Å². The van der Waals surface area contributed by atoms with E-state index in [2.05, 4.69) is 22.6 Å². The van der Waals surface area contributed by atoms with E-state index in [1.54, 1.807) is 0 Å². The van der Waals surface area contributed by atoms with E-state index in [1.165, 1.54) is 84.0 Å². The van der Waals surface area contributed by atoms with Crippen molar-refractivity contribution in [2.45, 2.75) is 69.9 Å². The average Bonchev–Trinajstić information content (AvgIpc) is 2.73. The number of hydrogen-bond acceptors (Lipinski definition) is 3. The van der Waals surface area contributed by atoms with Crippen LogP contribution in [0.1, 0.15) is 57.8 Å². The molecule has 0 aromatic carbocycles. The van der Waals surface area contributed by atoms with Crippen molar-refractivity contribution in [3.63, 3.8) is 0 Å². The molecule has 0 aromatic rings. The first-order valence-corrected chi connectivity index (χ1v) is 8.50. The third-order valence-electron chi connectivity index (χ3n) is 4.89. The Bertz CT molecular complexity index is 218. The molecule has 0 spiro atoms. The molecular weight excluding hydrogens is 234 g/mol. The molecule has 0 bridgehead atoms. The van der Waals surface area contributed by atoms with Crippen molar-refractivity contribution in [1.29, 1.82) is 0 Å². The Morgan fingerprint density at radius 2 is 1.84 bits per heavy atom. The first kappa shape index (κ1) is 15.3. The Labute approximate surface area is 119 Å². The van der Waals surface area contributed by atoms with Crippen molar-refractivity contribution in [1.82, 2.24) is 15.5 Å². The summed E-state index contributed by atoms with van der Waals surface area (Å²) < 4.78 is 0. The van der Waals surface area contributed by atoms with Gasteiger partial charge < -0.3 is 15.5 Å². The molecule has 1 saturated carbocycles. The van der Waals surface area contributed by atoms with E-state index in [-0.39, 0.29) is 0 Å². The molecule has 2 fully saturated rings. The standard InChI is InChI=1S/C16H33N3/c1-19(16-8-3-2-4-9-16)14-6-12-18-15-7-5-11-17-13-10-15/h15-18H,2-14H2,1H3. The van der Waals surface area contributed by atoms with Gasteiger partial charge in [-0.3, -0.25) is 0 Å². The highest BCUT2D eigenvalue weighted by atomic mass is 15.1. The van der Waals surface area contributed by atoms with Gasteiger partial charge in [0, 0.05) is 12.1 Å². The maximum absolute atomic E-state index is 3.75. The van der Waals surface area contributed by atoms with E-state index in [9.17, 15) is 0 Å². The lowest BCUT2D eigenvalue weighted by Crippen LogP contribution is -2.36. The minimum Gasteiger partial charge on any atom is -0.317 e. The predicted octanol–water partition coefficient (Wildman–Crippen LogP) is 2.37. The molecule has 0 amide bonds. The fourth-order valence-corrected chi connectivity index (χ4v) is 3.56. The Hall–Kier alpha value is -0.120. The van der Waals surface area contributed by atoms with E-state index in [4.69, 9.17) is 0 Å². The molecule has 112 valence electrons. The van der Waals surface area contributed by atoms with Crippen LogP contribution < -0.4 is 10.6 Å². The molecule has 2 rings (SSSR count). The van der Waals surface area contributed by atoms with Gasteiger partial charge in [0.05, 0.1) is 0 Å². The molecule has 2 aliphatic rings. The zero-order valence-corrected chi connectivity index (χ0v) is 12.8. The minimum absolute atomic E-state index is 0.759. The number of hydrogen-bond donors (Lipinski definition) is 2. The second-order valence-electron chi connectivity index (χ2n) is 6.46. The van der Waals surface area contributed by atoms with Crippen LogP contribution in [-0.2, 0) is 0 Å². The van der Waals surface area contributed by atoms with Crippen molar-refractivity contribution >= 4 is 0 Å². The van der Waals surface area contributed by atoms with Gasteiger partial charge in [-0.15, -0.1) is 0 Å². The minimum atomic E-state index is 0.759. The van der Waals surface area contributed by atoms with Crippen molar-refractivity contribution in [3.05, 3.63) is 0 Å². The predicted molar refractivity (Wildman–Crippen MR) is 82.6 cm³/mol. The molecule has 1 unspecified atom stereocenters. The molecular formula is C16H33N3. The highest BCUT2D eigenvalue weighted by Crippen LogP contribution is 2.21. The molecule has 1 heterocycles. The van der Waals surface area contributed by atoms with Gasteiger partial charge in [-0.25, -0.2) is 0 Å². The molecule has 1 aliphatic heterocycles. The van der Waals surface area contributed by atoms with Crippen molar-refractivity contribution in [2.75, 3.05) is 33.2 Å². The van der Waals surface area contributed by atoms with Crippen LogP contribution in [0.5, 0.6) is 0 Å². The fourth-order valence-electron chi connectivity index (χ4n) is 3.56. The summed E-state index contributed by atoms with van der Waals surface area (Å²) in [5.74, 6) is 0. The Balaban J connectivity index is 1.52. The zero-order chi connectivity index (χ0) is 13.3. The maximum Gasteiger partial charge on any atom is 0.00922 e. The summed E-state index contributed by atoms with van der Waals surface area (Å²) in [5, 5.41) is 7.23. The fraction of sp³-hybridized carbons (Fsp3) is 1.00. The van der Waals surface area contributed by atoms with Gasteiger partial charge in [0.1, 0.15) is 0 Å². The van der Waals surface area contributed by atoms with Gasteiger partial charge in [-0.05, 0) is 71.8 Å². The van der Waals surface area contributed by atoms with Crippen LogP contribution in [0.4, 0.5) is 0 Å². The van der Waals surface area contributed by atoms with Crippen molar-refractivity contribution < 1.29 is 0 Å². The smallest absolute Gasteiger partial charge is 0.00922 e. The van der Waals surface area contributed by atoms with Gasteiger partial charge in [-0.1, -0.05) is 19.3 Å². The van der Waals surface area contributed by atoms with E-state index in [1.807, 2.05) is 0 Å². The Kier molecular flexibility index (Phi) is 7.18. The molecule has 3 heteroatoms. The average molecular weight is 267 g/mol. The van der Waals surface area contributed by atoms with Crippen LogP contribution in [0, 0.1) is 0 Å². The number of rotatable bonds is 6. The van der Waals surface area contributed by atoms with E-state index >= 15 is 0 Å².